The molecule has 4 rings (SSSR count). The Balaban J connectivity index is 0.00000210. The molecule has 3 nitrogen and oxygen atoms in total. The van der Waals surface area contributed by atoms with E-state index >= 15 is 0 Å². The summed E-state index contributed by atoms with van der Waals surface area (Å²) in [4.78, 5) is 17.2. The highest BCUT2D eigenvalue weighted by Crippen LogP contribution is 2.35. The van der Waals surface area contributed by atoms with Crippen molar-refractivity contribution in [2.75, 3.05) is 18.0 Å². The van der Waals surface area contributed by atoms with Gasteiger partial charge in [-0.3, -0.25) is 9.69 Å². The molecule has 27 heavy (non-hydrogen) atoms. The first kappa shape index (κ1) is 19.8. The molecule has 0 N–H and O–H groups in total. The summed E-state index contributed by atoms with van der Waals surface area (Å²) in [6, 6.07) is 17.1. The molecular weight excluding hydrogens is 363 g/mol. The van der Waals surface area contributed by atoms with E-state index in [4.69, 9.17) is 0 Å². The Kier molecular flexibility index (Phi) is 6.51. The average Bonchev–Trinajstić information content (AvgIpc) is 3.49. The number of halogens is 2. The number of carbonyl (C=O) groups excluding carboxylic acids is 1. The van der Waals surface area contributed by atoms with E-state index in [0.29, 0.717) is 5.69 Å². The molecule has 0 bridgehead atoms. The number of amides is 1. The number of carbonyl (C=O) groups is 1. The van der Waals surface area contributed by atoms with Crippen molar-refractivity contribution in [1.29, 1.82) is 0 Å². The van der Waals surface area contributed by atoms with Crippen molar-refractivity contribution in [1.82, 2.24) is 4.90 Å². The Morgan fingerprint density at radius 3 is 2.33 bits per heavy atom. The van der Waals surface area contributed by atoms with Crippen LogP contribution in [0.5, 0.6) is 0 Å². The van der Waals surface area contributed by atoms with Crippen molar-refractivity contribution in [2.24, 2.45) is 5.92 Å². The zero-order chi connectivity index (χ0) is 17.9. The number of rotatable bonds is 5. The maximum atomic E-state index is 13.7. The van der Waals surface area contributed by atoms with E-state index in [-0.39, 0.29) is 36.1 Å². The van der Waals surface area contributed by atoms with Crippen LogP contribution in [0.2, 0.25) is 0 Å². The molecular formula is C22H26ClFN2O. The summed E-state index contributed by atoms with van der Waals surface area (Å²) < 4.78 is 13.7. The largest absolute Gasteiger partial charge is 0.309 e. The third kappa shape index (κ3) is 4.88. The van der Waals surface area contributed by atoms with E-state index in [2.05, 4.69) is 29.2 Å². The smallest absolute Gasteiger partial charge is 0.230 e. The van der Waals surface area contributed by atoms with Crippen molar-refractivity contribution in [3.05, 3.63) is 66.0 Å². The van der Waals surface area contributed by atoms with Crippen LogP contribution in [0.4, 0.5) is 10.1 Å². The normalized spacial score (nSPS) is 18.0. The number of likely N-dealkylation sites (tertiary alicyclic amines) is 1. The average molecular weight is 389 g/mol. The van der Waals surface area contributed by atoms with Crippen molar-refractivity contribution >= 4 is 24.0 Å². The molecule has 0 atom stereocenters. The minimum Gasteiger partial charge on any atom is -0.309 e. The second-order valence-electron chi connectivity index (χ2n) is 7.46. The number of hydrogen-bond acceptors (Lipinski definition) is 2. The first-order valence-corrected chi connectivity index (χ1v) is 9.55. The van der Waals surface area contributed by atoms with Gasteiger partial charge in [0.1, 0.15) is 5.82 Å². The summed E-state index contributed by atoms with van der Waals surface area (Å²) >= 11 is 0. The van der Waals surface area contributed by atoms with Gasteiger partial charge in [0.25, 0.3) is 0 Å². The van der Waals surface area contributed by atoms with Crippen molar-refractivity contribution < 1.29 is 9.18 Å². The summed E-state index contributed by atoms with van der Waals surface area (Å²) in [5.74, 6) is 0.0373. The number of piperidine rings is 1. The lowest BCUT2D eigenvalue weighted by atomic mass is 10.0. The fraction of sp³-hybridized carbons (Fsp3) is 0.409. The summed E-state index contributed by atoms with van der Waals surface area (Å²) in [5, 5.41) is 0. The Bertz CT molecular complexity index is 758. The van der Waals surface area contributed by atoms with Crippen LogP contribution in [0.15, 0.2) is 54.6 Å². The molecule has 144 valence electrons. The van der Waals surface area contributed by atoms with E-state index < -0.39 is 0 Å². The van der Waals surface area contributed by atoms with Gasteiger partial charge in [-0.05, 0) is 49.4 Å². The van der Waals surface area contributed by atoms with Crippen LogP contribution in [0, 0.1) is 11.7 Å². The molecule has 2 aromatic carbocycles. The topological polar surface area (TPSA) is 23.6 Å². The Hall–Kier alpha value is -1.91. The van der Waals surface area contributed by atoms with Gasteiger partial charge in [-0.2, -0.15) is 0 Å². The second-order valence-corrected chi connectivity index (χ2v) is 7.46. The number of nitrogens with zero attached hydrogens (tertiary/aromatic N) is 2. The van der Waals surface area contributed by atoms with Gasteiger partial charge in [-0.1, -0.05) is 36.4 Å². The molecule has 1 saturated heterocycles. The SMILES string of the molecule is Cl.O=C(C1CC1)N(c1cccc(F)c1)C1CCN(Cc2ccccc2)CC1. The van der Waals surface area contributed by atoms with Gasteiger partial charge in [0.2, 0.25) is 5.91 Å². The quantitative estimate of drug-likeness (QED) is 0.744. The lowest BCUT2D eigenvalue weighted by Crippen LogP contribution is -2.48. The Morgan fingerprint density at radius 1 is 1.00 bits per heavy atom. The molecule has 1 aliphatic carbocycles. The molecule has 2 aliphatic rings. The lowest BCUT2D eigenvalue weighted by Gasteiger charge is -2.39. The van der Waals surface area contributed by atoms with E-state index in [9.17, 15) is 9.18 Å². The number of hydrogen-bond donors (Lipinski definition) is 0. The van der Waals surface area contributed by atoms with Gasteiger partial charge in [0, 0.05) is 37.3 Å². The standard InChI is InChI=1S/C22H25FN2O.ClH/c23-19-7-4-8-21(15-19)25(22(26)18-9-10-18)20-11-13-24(14-12-20)16-17-5-2-1-3-6-17;/h1-8,15,18,20H,9-14,16H2;1H. The van der Waals surface area contributed by atoms with E-state index in [1.54, 1.807) is 6.07 Å². The van der Waals surface area contributed by atoms with Crippen LogP contribution in [-0.2, 0) is 11.3 Å². The van der Waals surface area contributed by atoms with Crippen LogP contribution < -0.4 is 4.90 Å². The lowest BCUT2D eigenvalue weighted by molar-refractivity contribution is -0.120. The molecule has 2 aromatic rings. The third-order valence-corrected chi connectivity index (χ3v) is 5.42. The van der Waals surface area contributed by atoms with E-state index in [0.717, 1.165) is 45.3 Å². The van der Waals surface area contributed by atoms with Crippen molar-refractivity contribution in [3.63, 3.8) is 0 Å². The van der Waals surface area contributed by atoms with Gasteiger partial charge >= 0.3 is 0 Å². The first-order chi connectivity index (χ1) is 12.7. The third-order valence-electron chi connectivity index (χ3n) is 5.42. The van der Waals surface area contributed by atoms with Crippen LogP contribution in [0.25, 0.3) is 0 Å². The van der Waals surface area contributed by atoms with Gasteiger partial charge in [-0.25, -0.2) is 4.39 Å². The second kappa shape index (κ2) is 8.85. The fourth-order valence-corrected chi connectivity index (χ4v) is 3.85. The monoisotopic (exact) mass is 388 g/mol. The highest BCUT2D eigenvalue weighted by atomic mass is 35.5. The Morgan fingerprint density at radius 2 is 1.70 bits per heavy atom. The van der Waals surface area contributed by atoms with Crippen LogP contribution in [0.1, 0.15) is 31.2 Å². The maximum absolute atomic E-state index is 13.7. The summed E-state index contributed by atoms with van der Waals surface area (Å²) in [6.45, 7) is 2.87. The van der Waals surface area contributed by atoms with Gasteiger partial charge in [-0.15, -0.1) is 12.4 Å². The summed E-state index contributed by atoms with van der Waals surface area (Å²) in [7, 11) is 0. The minimum atomic E-state index is -0.280. The molecule has 1 saturated carbocycles. The predicted octanol–water partition coefficient (Wildman–Crippen LogP) is 4.66. The zero-order valence-corrected chi connectivity index (χ0v) is 16.2. The van der Waals surface area contributed by atoms with Crippen LogP contribution in [-0.4, -0.2) is 29.9 Å². The molecule has 0 spiro atoms. The highest BCUT2D eigenvalue weighted by molar-refractivity contribution is 5.97. The molecule has 5 heteroatoms. The van der Waals surface area contributed by atoms with Crippen molar-refractivity contribution in [2.45, 2.75) is 38.3 Å². The predicted molar refractivity (Wildman–Crippen MR) is 109 cm³/mol. The van der Waals surface area contributed by atoms with Gasteiger partial charge in [0.05, 0.1) is 0 Å². The van der Waals surface area contributed by atoms with Gasteiger partial charge < -0.3 is 4.90 Å². The Labute approximate surface area is 166 Å². The van der Waals surface area contributed by atoms with Crippen molar-refractivity contribution in [3.8, 4) is 0 Å². The minimum absolute atomic E-state index is 0. The molecule has 0 radical (unpaired) electrons. The highest BCUT2D eigenvalue weighted by Gasteiger charge is 2.38. The molecule has 1 aliphatic heterocycles. The van der Waals surface area contributed by atoms with Crippen LogP contribution in [0.3, 0.4) is 0 Å². The number of anilines is 1. The zero-order valence-electron chi connectivity index (χ0n) is 15.4. The summed E-state index contributed by atoms with van der Waals surface area (Å²) in [6.07, 6.45) is 3.80. The summed E-state index contributed by atoms with van der Waals surface area (Å²) in [5.41, 5.74) is 2.03. The fourth-order valence-electron chi connectivity index (χ4n) is 3.85. The van der Waals surface area contributed by atoms with Gasteiger partial charge in [0.15, 0.2) is 0 Å². The molecule has 2 fully saturated rings. The molecule has 0 aromatic heterocycles. The molecule has 1 heterocycles. The molecule has 0 unspecified atom stereocenters. The molecule has 1 amide bonds. The van der Waals surface area contributed by atoms with Crippen LogP contribution >= 0.6 is 12.4 Å². The van der Waals surface area contributed by atoms with E-state index in [1.807, 2.05) is 17.0 Å². The first-order valence-electron chi connectivity index (χ1n) is 9.55. The maximum Gasteiger partial charge on any atom is 0.230 e. The van der Waals surface area contributed by atoms with E-state index in [1.165, 1.54) is 17.7 Å². The number of benzene rings is 2.